The lowest BCUT2D eigenvalue weighted by molar-refractivity contribution is -0.144. The fourth-order valence-electron chi connectivity index (χ4n) is 5.50. The van der Waals surface area contributed by atoms with Crippen molar-refractivity contribution < 1.29 is 63.0 Å². The molecule has 334 valence electrons. The van der Waals surface area contributed by atoms with Crippen molar-refractivity contribution in [2.75, 3.05) is 0 Å². The van der Waals surface area contributed by atoms with Gasteiger partial charge in [0.1, 0.15) is 36.3 Å². The molecular weight excluding hydrogens is 796 g/mol. The van der Waals surface area contributed by atoms with Crippen LogP contribution in [0.5, 0.6) is 0 Å². The summed E-state index contributed by atoms with van der Waals surface area (Å²) in [5.41, 5.74) is 21.7. The third-order valence-corrected chi connectivity index (χ3v) is 8.38. The highest BCUT2D eigenvalue weighted by Gasteiger charge is 2.35. The lowest BCUT2D eigenvalue weighted by Crippen LogP contribution is -2.61. The van der Waals surface area contributed by atoms with Gasteiger partial charge in [-0.05, 0) is 31.1 Å². The lowest BCUT2D eigenvalue weighted by atomic mass is 10.00. The van der Waals surface area contributed by atoms with Crippen molar-refractivity contribution in [1.29, 1.82) is 0 Å². The predicted molar refractivity (Wildman–Crippen MR) is 207 cm³/mol. The average molecular weight is 853 g/mol. The molecule has 17 N–H and O–H groups in total. The molecular formula is C35H56N12O13. The molecule has 25 nitrogen and oxygen atoms in total. The number of hydrogen-bond acceptors (Lipinski definition) is 13. The number of aliphatic carboxylic acids is 2. The molecule has 0 aliphatic rings. The number of amides is 9. The zero-order chi connectivity index (χ0) is 45.9. The van der Waals surface area contributed by atoms with E-state index in [1.807, 2.05) is 5.32 Å². The van der Waals surface area contributed by atoms with E-state index >= 15 is 0 Å². The highest BCUT2D eigenvalue weighted by atomic mass is 16.4. The van der Waals surface area contributed by atoms with Gasteiger partial charge in [-0.1, -0.05) is 27.7 Å². The van der Waals surface area contributed by atoms with Gasteiger partial charge >= 0.3 is 11.9 Å². The first-order valence-electron chi connectivity index (χ1n) is 18.7. The number of aromatic nitrogens is 2. The lowest BCUT2D eigenvalue weighted by Gasteiger charge is -2.28. The number of aromatic amines is 1. The molecule has 0 fully saturated rings. The van der Waals surface area contributed by atoms with Crippen LogP contribution in [0.4, 0.5) is 0 Å². The number of imidazole rings is 1. The Morgan fingerprint density at radius 2 is 0.950 bits per heavy atom. The number of H-pyrrole nitrogens is 1. The molecule has 60 heavy (non-hydrogen) atoms. The standard InChI is InChI=1S/C35H56N12O13/c1-15(2)7-19(42-29(53)18(36)5-6-28(51)52)30(54)44-21(9-17-13-40-14-41-17)32(56)43-20(8-16(3)4)31(55)45-22(10-25(37)48)33(57)46-23(11-26(38)49)34(58)47-24(35(59)60)12-27(39)50/h13-16,18-24H,5-12,36H2,1-4H3,(H2,37,48)(H2,38,49)(H2,39,50)(H,40,41)(H,42,53)(H,43,56)(H,44,54)(H,45,55)(H,46,57)(H,47,58)(H,51,52)(H,59,60)/t18-,19-,20-,21-,22-,23-,24-/m0/s1. The summed E-state index contributed by atoms with van der Waals surface area (Å²) in [5.74, 6) is -12.8. The molecule has 0 bridgehead atoms. The molecule has 9 amide bonds. The van der Waals surface area contributed by atoms with E-state index in [0.717, 1.165) is 0 Å². The highest BCUT2D eigenvalue weighted by molar-refractivity contribution is 5.99. The first kappa shape index (κ1) is 51.4. The summed E-state index contributed by atoms with van der Waals surface area (Å²) in [7, 11) is 0. The largest absolute Gasteiger partial charge is 0.481 e. The van der Waals surface area contributed by atoms with Crippen LogP contribution in [0.25, 0.3) is 0 Å². The van der Waals surface area contributed by atoms with Crippen molar-refractivity contribution in [2.24, 2.45) is 34.8 Å². The van der Waals surface area contributed by atoms with Crippen LogP contribution in [0.15, 0.2) is 12.5 Å². The molecule has 1 aromatic heterocycles. The van der Waals surface area contributed by atoms with Crippen LogP contribution in [0.2, 0.25) is 0 Å². The molecule has 1 aromatic rings. The van der Waals surface area contributed by atoms with Crippen molar-refractivity contribution >= 4 is 65.1 Å². The molecule has 0 radical (unpaired) electrons. The normalized spacial score (nSPS) is 14.5. The fourth-order valence-corrected chi connectivity index (χ4v) is 5.50. The molecule has 0 saturated carbocycles. The van der Waals surface area contributed by atoms with Crippen LogP contribution in [0, 0.1) is 11.8 Å². The van der Waals surface area contributed by atoms with E-state index < -0.39 is 133 Å². The minimum atomic E-state index is -1.88. The Balaban J connectivity index is 3.40. The summed E-state index contributed by atoms with van der Waals surface area (Å²) >= 11 is 0. The molecule has 0 spiro atoms. The van der Waals surface area contributed by atoms with Crippen molar-refractivity contribution in [3.05, 3.63) is 18.2 Å². The summed E-state index contributed by atoms with van der Waals surface area (Å²) in [6.07, 6.45) is -0.695. The number of rotatable bonds is 28. The zero-order valence-corrected chi connectivity index (χ0v) is 33.6. The second kappa shape index (κ2) is 25.0. The zero-order valence-electron chi connectivity index (χ0n) is 33.6. The topological polar surface area (TPSA) is 433 Å². The van der Waals surface area contributed by atoms with Crippen LogP contribution in [0.1, 0.15) is 78.3 Å². The van der Waals surface area contributed by atoms with Crippen molar-refractivity contribution in [3.63, 3.8) is 0 Å². The molecule has 0 saturated heterocycles. The van der Waals surface area contributed by atoms with Crippen LogP contribution >= 0.6 is 0 Å². The third-order valence-electron chi connectivity index (χ3n) is 8.38. The fraction of sp³-hybridized carbons (Fsp3) is 0.600. The molecule has 0 unspecified atom stereocenters. The molecule has 7 atom stereocenters. The SMILES string of the molecule is CC(C)C[C@H](NC(=O)[C@H](Cc1c[nH]cn1)NC(=O)[C@H](CC(C)C)NC(=O)[C@@H](N)CCC(=O)O)C(=O)N[C@@H](CC(N)=O)C(=O)N[C@@H](CC(N)=O)C(=O)N[C@@H](CC(N)=O)C(=O)O. The second-order valence-electron chi connectivity index (χ2n) is 14.8. The van der Waals surface area contributed by atoms with Gasteiger partial charge in [0.25, 0.3) is 0 Å². The Bertz CT molecular complexity index is 1720. The summed E-state index contributed by atoms with van der Waals surface area (Å²) in [6.45, 7) is 6.91. The molecule has 0 aromatic carbocycles. The predicted octanol–water partition coefficient (Wildman–Crippen LogP) is -5.14. The minimum absolute atomic E-state index is 0.0744. The van der Waals surface area contributed by atoms with Crippen LogP contribution < -0.4 is 54.8 Å². The van der Waals surface area contributed by atoms with Gasteiger partial charge in [0.2, 0.25) is 53.2 Å². The Kier molecular flexibility index (Phi) is 21.4. The van der Waals surface area contributed by atoms with E-state index in [0.29, 0.717) is 5.69 Å². The van der Waals surface area contributed by atoms with Gasteiger partial charge in [0.05, 0.1) is 37.3 Å². The molecule has 1 rings (SSSR count). The van der Waals surface area contributed by atoms with Crippen LogP contribution in [0.3, 0.4) is 0 Å². The number of nitrogens with two attached hydrogens (primary N) is 4. The average Bonchev–Trinajstić information content (AvgIpc) is 3.64. The van der Waals surface area contributed by atoms with Gasteiger partial charge in [-0.25, -0.2) is 9.78 Å². The van der Waals surface area contributed by atoms with E-state index in [4.69, 9.17) is 28.0 Å². The van der Waals surface area contributed by atoms with Crippen molar-refractivity contribution in [2.45, 2.75) is 121 Å². The second-order valence-corrected chi connectivity index (χ2v) is 14.8. The maximum Gasteiger partial charge on any atom is 0.326 e. The van der Waals surface area contributed by atoms with Crippen molar-refractivity contribution in [1.82, 2.24) is 41.9 Å². The van der Waals surface area contributed by atoms with Gasteiger partial charge in [-0.15, -0.1) is 0 Å². The molecule has 1 heterocycles. The van der Waals surface area contributed by atoms with E-state index in [1.54, 1.807) is 27.7 Å². The van der Waals surface area contributed by atoms with E-state index in [-0.39, 0.29) is 37.5 Å². The Labute approximate surface area is 344 Å². The molecule has 25 heteroatoms. The number of carbonyl (C=O) groups excluding carboxylic acids is 9. The molecule has 0 aliphatic carbocycles. The van der Waals surface area contributed by atoms with Gasteiger partial charge in [0, 0.05) is 19.0 Å². The van der Waals surface area contributed by atoms with E-state index in [9.17, 15) is 57.8 Å². The van der Waals surface area contributed by atoms with Gasteiger partial charge in [-0.2, -0.15) is 0 Å². The van der Waals surface area contributed by atoms with Gasteiger partial charge < -0.3 is 70.0 Å². The van der Waals surface area contributed by atoms with Crippen LogP contribution in [-0.4, -0.2) is 128 Å². The van der Waals surface area contributed by atoms with E-state index in [2.05, 4.69) is 36.6 Å². The first-order chi connectivity index (χ1) is 27.9. The number of hydrogen-bond donors (Lipinski definition) is 13. The summed E-state index contributed by atoms with van der Waals surface area (Å²) < 4.78 is 0. The maximum atomic E-state index is 13.9. The Hall–Kier alpha value is -6.66. The van der Waals surface area contributed by atoms with E-state index in [1.165, 1.54) is 12.5 Å². The number of nitrogens with one attached hydrogen (secondary N) is 7. The smallest absolute Gasteiger partial charge is 0.326 e. The Morgan fingerprint density at radius 3 is 1.33 bits per heavy atom. The number of nitrogens with zero attached hydrogens (tertiary/aromatic N) is 1. The third kappa shape index (κ3) is 19.7. The summed E-state index contributed by atoms with van der Waals surface area (Å²) in [5, 5.41) is 32.3. The number of primary amides is 3. The molecule has 0 aliphatic heterocycles. The quantitative estimate of drug-likeness (QED) is 0.0375. The monoisotopic (exact) mass is 852 g/mol. The number of carbonyl (C=O) groups is 11. The maximum absolute atomic E-state index is 13.9. The summed E-state index contributed by atoms with van der Waals surface area (Å²) in [6, 6.07) is -11.0. The minimum Gasteiger partial charge on any atom is -0.481 e. The summed E-state index contributed by atoms with van der Waals surface area (Å²) in [4.78, 5) is 145. The Morgan fingerprint density at radius 1 is 0.583 bits per heavy atom. The number of carboxylic acid groups (broad SMARTS) is 2. The van der Waals surface area contributed by atoms with Crippen LogP contribution in [-0.2, 0) is 59.2 Å². The first-order valence-corrected chi connectivity index (χ1v) is 18.7. The van der Waals surface area contributed by atoms with Gasteiger partial charge in [-0.3, -0.25) is 47.9 Å². The van der Waals surface area contributed by atoms with Crippen molar-refractivity contribution in [3.8, 4) is 0 Å². The van der Waals surface area contributed by atoms with Gasteiger partial charge in [0.15, 0.2) is 0 Å². The highest BCUT2D eigenvalue weighted by Crippen LogP contribution is 2.11. The number of carboxylic acids is 2.